The number of aryl methyl sites for hydroxylation is 1. The van der Waals surface area contributed by atoms with Crippen LogP contribution < -0.4 is 4.74 Å². The minimum Gasteiger partial charge on any atom is -0.486 e. The van der Waals surface area contributed by atoms with Crippen molar-refractivity contribution in [3.05, 3.63) is 52.0 Å². The van der Waals surface area contributed by atoms with Crippen LogP contribution in [0.5, 0.6) is 5.75 Å². The van der Waals surface area contributed by atoms with Gasteiger partial charge in [0.05, 0.1) is 0 Å². The van der Waals surface area contributed by atoms with E-state index < -0.39 is 0 Å². The molecular weight excluding hydrogens is 259 g/mol. The Balaban J connectivity index is 2.07. The summed E-state index contributed by atoms with van der Waals surface area (Å²) in [5, 5.41) is 1.05. The van der Waals surface area contributed by atoms with E-state index in [0.29, 0.717) is 21.7 Å². The van der Waals surface area contributed by atoms with Crippen molar-refractivity contribution in [2.45, 2.75) is 13.5 Å². The van der Waals surface area contributed by atoms with Gasteiger partial charge in [-0.05, 0) is 31.2 Å². The Morgan fingerprint density at radius 2 is 2.00 bits per heavy atom. The van der Waals surface area contributed by atoms with Gasteiger partial charge in [0.25, 0.3) is 0 Å². The van der Waals surface area contributed by atoms with Crippen molar-refractivity contribution in [3.63, 3.8) is 0 Å². The molecule has 1 heterocycles. The topological polar surface area (TPSA) is 35.0 Å². The molecule has 0 amide bonds. The smallest absolute Gasteiger partial charge is 0.167 e. The molecule has 0 atom stereocenters. The molecule has 17 heavy (non-hydrogen) atoms. The average Bonchev–Trinajstić information content (AvgIpc) is 2.25. The number of hydrogen-bond donors (Lipinski definition) is 0. The van der Waals surface area contributed by atoms with Crippen molar-refractivity contribution in [2.75, 3.05) is 0 Å². The van der Waals surface area contributed by atoms with E-state index in [1.807, 2.05) is 19.1 Å². The highest BCUT2D eigenvalue weighted by atomic mass is 35.5. The van der Waals surface area contributed by atoms with E-state index in [2.05, 4.69) is 9.97 Å². The lowest BCUT2D eigenvalue weighted by Gasteiger charge is -2.06. The van der Waals surface area contributed by atoms with Crippen LogP contribution in [0.25, 0.3) is 0 Å². The first-order valence-corrected chi connectivity index (χ1v) is 5.77. The molecule has 3 nitrogen and oxygen atoms in total. The Kier molecular flexibility index (Phi) is 3.82. The van der Waals surface area contributed by atoms with Crippen molar-refractivity contribution >= 4 is 23.2 Å². The first kappa shape index (κ1) is 12.1. The van der Waals surface area contributed by atoms with Gasteiger partial charge in [-0.25, -0.2) is 9.97 Å². The van der Waals surface area contributed by atoms with Crippen LogP contribution in [0.1, 0.15) is 11.5 Å². The van der Waals surface area contributed by atoms with Crippen LogP contribution in [-0.2, 0) is 6.61 Å². The van der Waals surface area contributed by atoms with Crippen molar-refractivity contribution in [2.24, 2.45) is 0 Å². The lowest BCUT2D eigenvalue weighted by atomic mass is 10.3. The fourth-order valence-corrected chi connectivity index (χ4v) is 1.79. The number of nitrogens with zero attached hydrogens (tertiary/aromatic N) is 2. The molecule has 0 bridgehead atoms. The van der Waals surface area contributed by atoms with Gasteiger partial charge in [0, 0.05) is 10.7 Å². The SMILES string of the molecule is Cc1cc(Cl)nc(COc2cccc(Cl)c2)n1. The molecule has 0 aliphatic heterocycles. The van der Waals surface area contributed by atoms with Crippen molar-refractivity contribution < 1.29 is 4.74 Å². The molecular formula is C12H10Cl2N2O. The van der Waals surface area contributed by atoms with Gasteiger partial charge in [-0.2, -0.15) is 0 Å². The third-order valence-corrected chi connectivity index (χ3v) is 2.46. The molecule has 0 aliphatic carbocycles. The molecule has 1 aromatic heterocycles. The Hall–Kier alpha value is -1.32. The fourth-order valence-electron chi connectivity index (χ4n) is 1.36. The normalized spacial score (nSPS) is 10.3. The van der Waals surface area contributed by atoms with Crippen LogP contribution >= 0.6 is 23.2 Å². The molecule has 0 spiro atoms. The zero-order chi connectivity index (χ0) is 12.3. The molecule has 88 valence electrons. The summed E-state index contributed by atoms with van der Waals surface area (Å²) in [5.41, 5.74) is 0.815. The van der Waals surface area contributed by atoms with Gasteiger partial charge in [-0.3, -0.25) is 0 Å². The second-order valence-electron chi connectivity index (χ2n) is 3.49. The van der Waals surface area contributed by atoms with Crippen LogP contribution in [0.4, 0.5) is 0 Å². The van der Waals surface area contributed by atoms with Gasteiger partial charge in [-0.1, -0.05) is 29.3 Å². The molecule has 0 saturated heterocycles. The van der Waals surface area contributed by atoms with Crippen LogP contribution in [-0.4, -0.2) is 9.97 Å². The van der Waals surface area contributed by atoms with E-state index in [0.717, 1.165) is 5.69 Å². The predicted molar refractivity (Wildman–Crippen MR) is 67.6 cm³/mol. The van der Waals surface area contributed by atoms with Crippen molar-refractivity contribution in [3.8, 4) is 5.75 Å². The highest BCUT2D eigenvalue weighted by Gasteiger charge is 2.02. The summed E-state index contributed by atoms with van der Waals surface area (Å²) < 4.78 is 5.51. The summed E-state index contributed by atoms with van der Waals surface area (Å²) in [5.74, 6) is 1.23. The Morgan fingerprint density at radius 3 is 2.71 bits per heavy atom. The van der Waals surface area contributed by atoms with Gasteiger partial charge >= 0.3 is 0 Å². The number of rotatable bonds is 3. The summed E-state index contributed by atoms with van der Waals surface area (Å²) in [6.07, 6.45) is 0. The maximum absolute atomic E-state index is 5.84. The second kappa shape index (κ2) is 5.34. The summed E-state index contributed by atoms with van der Waals surface area (Å²) in [4.78, 5) is 8.29. The van der Waals surface area contributed by atoms with E-state index in [-0.39, 0.29) is 6.61 Å². The van der Waals surface area contributed by atoms with E-state index in [1.54, 1.807) is 18.2 Å². The fraction of sp³-hybridized carbons (Fsp3) is 0.167. The minimum atomic E-state index is 0.266. The maximum atomic E-state index is 5.84. The summed E-state index contributed by atoms with van der Waals surface area (Å²) >= 11 is 11.7. The maximum Gasteiger partial charge on any atom is 0.167 e. The molecule has 2 rings (SSSR count). The molecule has 0 unspecified atom stereocenters. The average molecular weight is 269 g/mol. The molecule has 0 aliphatic rings. The molecule has 1 aromatic carbocycles. The first-order valence-electron chi connectivity index (χ1n) is 5.02. The van der Waals surface area contributed by atoms with Crippen LogP contribution in [0.3, 0.4) is 0 Å². The standard InChI is InChI=1S/C12H10Cl2N2O/c1-8-5-11(14)16-12(15-8)7-17-10-4-2-3-9(13)6-10/h2-6H,7H2,1H3. The summed E-state index contributed by atoms with van der Waals surface area (Å²) in [6.45, 7) is 2.12. The minimum absolute atomic E-state index is 0.266. The van der Waals surface area contributed by atoms with Crippen LogP contribution in [0, 0.1) is 6.92 Å². The van der Waals surface area contributed by atoms with Gasteiger partial charge in [-0.15, -0.1) is 0 Å². The Labute approximate surface area is 109 Å². The second-order valence-corrected chi connectivity index (χ2v) is 4.32. The van der Waals surface area contributed by atoms with Crippen molar-refractivity contribution in [1.82, 2.24) is 9.97 Å². The largest absolute Gasteiger partial charge is 0.486 e. The van der Waals surface area contributed by atoms with Crippen LogP contribution in [0.15, 0.2) is 30.3 Å². The van der Waals surface area contributed by atoms with E-state index >= 15 is 0 Å². The highest BCUT2D eigenvalue weighted by Crippen LogP contribution is 2.18. The Morgan fingerprint density at radius 1 is 1.18 bits per heavy atom. The highest BCUT2D eigenvalue weighted by molar-refractivity contribution is 6.30. The lowest BCUT2D eigenvalue weighted by Crippen LogP contribution is -2.02. The zero-order valence-corrected chi connectivity index (χ0v) is 10.7. The first-order chi connectivity index (χ1) is 8.13. The molecule has 5 heteroatoms. The van der Waals surface area contributed by atoms with Crippen LogP contribution in [0.2, 0.25) is 10.2 Å². The van der Waals surface area contributed by atoms with Gasteiger partial charge in [0.2, 0.25) is 0 Å². The predicted octanol–water partition coefficient (Wildman–Crippen LogP) is 3.67. The van der Waals surface area contributed by atoms with Crippen molar-refractivity contribution in [1.29, 1.82) is 0 Å². The lowest BCUT2D eigenvalue weighted by molar-refractivity contribution is 0.295. The number of ether oxygens (including phenoxy) is 1. The molecule has 0 saturated carbocycles. The van der Waals surface area contributed by atoms with Gasteiger partial charge in [0.15, 0.2) is 5.82 Å². The van der Waals surface area contributed by atoms with E-state index in [9.17, 15) is 0 Å². The number of aromatic nitrogens is 2. The molecule has 0 fully saturated rings. The monoisotopic (exact) mass is 268 g/mol. The molecule has 2 aromatic rings. The van der Waals surface area contributed by atoms with Gasteiger partial charge in [0.1, 0.15) is 17.5 Å². The number of hydrogen-bond acceptors (Lipinski definition) is 3. The number of benzene rings is 1. The van der Waals surface area contributed by atoms with E-state index in [1.165, 1.54) is 0 Å². The summed E-state index contributed by atoms with van der Waals surface area (Å²) in [6, 6.07) is 8.86. The molecule has 0 radical (unpaired) electrons. The van der Waals surface area contributed by atoms with E-state index in [4.69, 9.17) is 27.9 Å². The summed E-state index contributed by atoms with van der Waals surface area (Å²) in [7, 11) is 0. The number of halogens is 2. The van der Waals surface area contributed by atoms with Gasteiger partial charge < -0.3 is 4.74 Å². The third kappa shape index (κ3) is 3.58. The third-order valence-electron chi connectivity index (χ3n) is 2.03. The quantitative estimate of drug-likeness (QED) is 0.797. The molecule has 0 N–H and O–H groups in total. The Bertz CT molecular complexity index is 511. The zero-order valence-electron chi connectivity index (χ0n) is 9.15.